The Balaban J connectivity index is 2.43. The van der Waals surface area contributed by atoms with Crippen molar-refractivity contribution in [3.8, 4) is 6.07 Å². The topological polar surface area (TPSA) is 53.0 Å². The normalized spacial score (nSPS) is 27.1. The minimum atomic E-state index is 0.291. The van der Waals surface area contributed by atoms with Crippen molar-refractivity contribution >= 4 is 0 Å². The van der Waals surface area contributed by atoms with Crippen LogP contribution in [0.1, 0.15) is 33.1 Å². The molecule has 0 bridgehead atoms. The summed E-state index contributed by atoms with van der Waals surface area (Å²) in [7, 11) is 0. The Labute approximate surface area is 86.9 Å². The van der Waals surface area contributed by atoms with Gasteiger partial charge in [0.1, 0.15) is 0 Å². The third kappa shape index (κ3) is 2.70. The fourth-order valence-corrected chi connectivity index (χ4v) is 2.21. The molecule has 2 N–H and O–H groups in total. The smallest absolute Gasteiger partial charge is 0.0638 e. The number of likely N-dealkylation sites (tertiary alicyclic amines) is 1. The Morgan fingerprint density at radius 2 is 2.36 bits per heavy atom. The molecule has 0 saturated carbocycles. The average molecular weight is 195 g/mol. The minimum Gasteiger partial charge on any atom is -0.328 e. The van der Waals surface area contributed by atoms with Gasteiger partial charge in [0.05, 0.1) is 12.5 Å². The van der Waals surface area contributed by atoms with Crippen LogP contribution in [-0.4, -0.2) is 30.1 Å². The Kier molecular flexibility index (Phi) is 4.37. The molecule has 0 aromatic rings. The van der Waals surface area contributed by atoms with Gasteiger partial charge in [-0.3, -0.25) is 4.90 Å². The molecule has 1 fully saturated rings. The molecule has 3 nitrogen and oxygen atoms in total. The number of nitriles is 1. The van der Waals surface area contributed by atoms with Crippen LogP contribution in [0.25, 0.3) is 0 Å². The predicted molar refractivity (Wildman–Crippen MR) is 57.6 cm³/mol. The van der Waals surface area contributed by atoms with E-state index >= 15 is 0 Å². The maximum absolute atomic E-state index is 8.70. The van der Waals surface area contributed by atoms with Crippen LogP contribution in [0, 0.1) is 17.2 Å². The first-order valence-electron chi connectivity index (χ1n) is 5.55. The summed E-state index contributed by atoms with van der Waals surface area (Å²) in [6, 6.07) is 3.01. The molecule has 14 heavy (non-hydrogen) atoms. The fourth-order valence-electron chi connectivity index (χ4n) is 2.21. The number of nitrogens with two attached hydrogens (primary N) is 1. The molecule has 0 aromatic heterocycles. The lowest BCUT2D eigenvalue weighted by molar-refractivity contribution is 0.227. The first-order chi connectivity index (χ1) is 6.69. The van der Waals surface area contributed by atoms with Crippen molar-refractivity contribution in [3.05, 3.63) is 0 Å². The molecule has 1 saturated heterocycles. The van der Waals surface area contributed by atoms with Crippen molar-refractivity contribution in [2.24, 2.45) is 11.7 Å². The maximum atomic E-state index is 8.70. The average Bonchev–Trinajstić information content (AvgIpc) is 2.63. The summed E-state index contributed by atoms with van der Waals surface area (Å²) in [5.41, 5.74) is 5.88. The number of hydrogen-bond acceptors (Lipinski definition) is 3. The molecule has 0 amide bonds. The zero-order valence-electron chi connectivity index (χ0n) is 9.24. The van der Waals surface area contributed by atoms with Crippen LogP contribution < -0.4 is 5.73 Å². The van der Waals surface area contributed by atoms with Gasteiger partial charge < -0.3 is 5.73 Å². The van der Waals surface area contributed by atoms with Crippen LogP contribution in [0.5, 0.6) is 0 Å². The van der Waals surface area contributed by atoms with Gasteiger partial charge in [0, 0.05) is 18.6 Å². The van der Waals surface area contributed by atoms with Crippen LogP contribution in [0.3, 0.4) is 0 Å². The number of hydrogen-bond donors (Lipinski definition) is 1. The second-order valence-corrected chi connectivity index (χ2v) is 4.33. The van der Waals surface area contributed by atoms with E-state index in [9.17, 15) is 0 Å². The third-order valence-corrected chi connectivity index (χ3v) is 3.31. The lowest BCUT2D eigenvalue weighted by Gasteiger charge is -2.25. The van der Waals surface area contributed by atoms with E-state index in [4.69, 9.17) is 11.0 Å². The summed E-state index contributed by atoms with van der Waals surface area (Å²) >= 11 is 0. The summed E-state index contributed by atoms with van der Waals surface area (Å²) in [5.74, 6) is 0.628. The largest absolute Gasteiger partial charge is 0.328 e. The van der Waals surface area contributed by atoms with Crippen molar-refractivity contribution in [1.82, 2.24) is 4.90 Å². The van der Waals surface area contributed by atoms with E-state index in [1.165, 1.54) is 6.42 Å². The summed E-state index contributed by atoms with van der Waals surface area (Å²) < 4.78 is 0. The van der Waals surface area contributed by atoms with E-state index in [2.05, 4.69) is 24.8 Å². The summed E-state index contributed by atoms with van der Waals surface area (Å²) in [4.78, 5) is 2.43. The van der Waals surface area contributed by atoms with Gasteiger partial charge in [0.2, 0.25) is 0 Å². The van der Waals surface area contributed by atoms with E-state index in [1.807, 2.05) is 0 Å². The van der Waals surface area contributed by atoms with E-state index in [0.29, 0.717) is 24.4 Å². The van der Waals surface area contributed by atoms with E-state index in [-0.39, 0.29) is 0 Å². The molecule has 1 aliphatic heterocycles. The second kappa shape index (κ2) is 5.33. The Morgan fingerprint density at radius 3 is 2.79 bits per heavy atom. The first-order valence-corrected chi connectivity index (χ1v) is 5.55. The van der Waals surface area contributed by atoms with Gasteiger partial charge in [-0.05, 0) is 32.2 Å². The highest BCUT2D eigenvalue weighted by Crippen LogP contribution is 2.22. The second-order valence-electron chi connectivity index (χ2n) is 4.33. The van der Waals surface area contributed by atoms with Gasteiger partial charge in [0.25, 0.3) is 0 Å². The molecular weight excluding hydrogens is 174 g/mol. The lowest BCUT2D eigenvalue weighted by atomic mass is 10.0. The highest BCUT2D eigenvalue weighted by atomic mass is 15.2. The van der Waals surface area contributed by atoms with Crippen LogP contribution in [0.4, 0.5) is 0 Å². The SMILES string of the molecule is CCC(CC#N)N1CCC(C(C)N)C1. The van der Waals surface area contributed by atoms with Crippen molar-refractivity contribution < 1.29 is 0 Å². The minimum absolute atomic E-state index is 0.291. The Bertz CT molecular complexity index is 207. The molecule has 0 aromatic carbocycles. The van der Waals surface area contributed by atoms with Crippen molar-refractivity contribution in [2.45, 2.75) is 45.2 Å². The third-order valence-electron chi connectivity index (χ3n) is 3.31. The molecule has 1 heterocycles. The van der Waals surface area contributed by atoms with Crippen LogP contribution in [0.2, 0.25) is 0 Å². The molecule has 80 valence electrons. The summed E-state index contributed by atoms with van der Waals surface area (Å²) in [6.07, 6.45) is 2.92. The highest BCUT2D eigenvalue weighted by molar-refractivity contribution is 4.88. The van der Waals surface area contributed by atoms with Crippen molar-refractivity contribution in [2.75, 3.05) is 13.1 Å². The Morgan fingerprint density at radius 1 is 1.64 bits per heavy atom. The molecule has 3 heteroatoms. The number of rotatable bonds is 4. The van der Waals surface area contributed by atoms with Crippen molar-refractivity contribution in [3.63, 3.8) is 0 Å². The molecule has 3 atom stereocenters. The molecule has 3 unspecified atom stereocenters. The van der Waals surface area contributed by atoms with Gasteiger partial charge in [-0.2, -0.15) is 5.26 Å². The first kappa shape index (κ1) is 11.5. The van der Waals surface area contributed by atoms with Gasteiger partial charge in [-0.25, -0.2) is 0 Å². The van der Waals surface area contributed by atoms with Gasteiger partial charge >= 0.3 is 0 Å². The van der Waals surface area contributed by atoms with Crippen LogP contribution in [0.15, 0.2) is 0 Å². The standard InChI is InChI=1S/C11H21N3/c1-3-11(4-6-12)14-7-5-10(8-14)9(2)13/h9-11H,3-5,7-8,13H2,1-2H3. The lowest BCUT2D eigenvalue weighted by Crippen LogP contribution is -2.35. The highest BCUT2D eigenvalue weighted by Gasteiger charge is 2.28. The van der Waals surface area contributed by atoms with E-state index in [0.717, 1.165) is 19.5 Å². The van der Waals surface area contributed by atoms with Crippen LogP contribution >= 0.6 is 0 Å². The zero-order valence-corrected chi connectivity index (χ0v) is 9.24. The Hall–Kier alpha value is -0.590. The fraction of sp³-hybridized carbons (Fsp3) is 0.909. The zero-order chi connectivity index (χ0) is 10.6. The molecule has 0 spiro atoms. The summed E-state index contributed by atoms with van der Waals surface area (Å²) in [6.45, 7) is 6.44. The maximum Gasteiger partial charge on any atom is 0.0638 e. The van der Waals surface area contributed by atoms with E-state index in [1.54, 1.807) is 0 Å². The molecular formula is C11H21N3. The number of nitrogens with zero attached hydrogens (tertiary/aromatic N) is 2. The van der Waals surface area contributed by atoms with E-state index < -0.39 is 0 Å². The molecule has 0 aliphatic carbocycles. The molecule has 1 rings (SSSR count). The quantitative estimate of drug-likeness (QED) is 0.736. The monoisotopic (exact) mass is 195 g/mol. The van der Waals surface area contributed by atoms with Gasteiger partial charge in [0.15, 0.2) is 0 Å². The van der Waals surface area contributed by atoms with Crippen LogP contribution in [-0.2, 0) is 0 Å². The van der Waals surface area contributed by atoms with Gasteiger partial charge in [-0.15, -0.1) is 0 Å². The van der Waals surface area contributed by atoms with Crippen molar-refractivity contribution in [1.29, 1.82) is 5.26 Å². The summed E-state index contributed by atoms with van der Waals surface area (Å²) in [5, 5.41) is 8.70. The molecule has 1 aliphatic rings. The van der Waals surface area contributed by atoms with Gasteiger partial charge in [-0.1, -0.05) is 6.92 Å². The predicted octanol–water partition coefficient (Wildman–Crippen LogP) is 1.35. The molecule has 0 radical (unpaired) electrons.